The predicted octanol–water partition coefficient (Wildman–Crippen LogP) is 3.28. The number of alkyl halides is 3. The van der Waals surface area contributed by atoms with Crippen LogP contribution in [0.4, 0.5) is 17.6 Å². The number of benzene rings is 1. The van der Waals surface area contributed by atoms with E-state index in [-0.39, 0.29) is 23.9 Å². The van der Waals surface area contributed by atoms with Gasteiger partial charge < -0.3 is 10.8 Å². The Hall–Kier alpha value is -0.850. The Balaban J connectivity index is 0.00000324. The van der Waals surface area contributed by atoms with Crippen molar-refractivity contribution in [3.63, 3.8) is 0 Å². The van der Waals surface area contributed by atoms with E-state index < -0.39 is 29.7 Å². The van der Waals surface area contributed by atoms with Crippen molar-refractivity contribution in [3.8, 4) is 0 Å². The predicted molar refractivity (Wildman–Crippen MR) is 66.4 cm³/mol. The summed E-state index contributed by atoms with van der Waals surface area (Å²) in [4.78, 5) is 0. The Morgan fingerprint density at radius 3 is 2.16 bits per heavy atom. The number of halogens is 5. The van der Waals surface area contributed by atoms with Gasteiger partial charge in [-0.25, -0.2) is 4.39 Å². The molecule has 0 saturated heterocycles. The van der Waals surface area contributed by atoms with Gasteiger partial charge in [0.15, 0.2) is 0 Å². The maximum Gasteiger partial charge on any atom is 0.419 e. The molecule has 0 radical (unpaired) electrons. The molecule has 0 unspecified atom stereocenters. The number of aliphatic hydroxyl groups is 1. The van der Waals surface area contributed by atoms with Gasteiger partial charge in [0.05, 0.1) is 17.7 Å². The number of hydrogen-bond donors (Lipinski definition) is 2. The first-order valence-corrected chi connectivity index (χ1v) is 5.45. The summed E-state index contributed by atoms with van der Waals surface area (Å²) < 4.78 is 50.6. The SMILES string of the molecule is CC(C)[C@H](O)[C@H](N)c1ccc(F)c(C(F)(F)F)c1.Cl. The highest BCUT2D eigenvalue weighted by molar-refractivity contribution is 5.85. The van der Waals surface area contributed by atoms with Gasteiger partial charge in [-0.05, 0) is 23.6 Å². The third-order valence-electron chi connectivity index (χ3n) is 2.73. The first-order valence-electron chi connectivity index (χ1n) is 5.45. The first kappa shape index (κ1) is 18.1. The Morgan fingerprint density at radius 1 is 1.21 bits per heavy atom. The van der Waals surface area contributed by atoms with Crippen LogP contribution in [0.5, 0.6) is 0 Å². The summed E-state index contributed by atoms with van der Waals surface area (Å²) in [6.07, 6.45) is -5.76. The molecule has 1 aromatic rings. The molecular weight excluding hydrogens is 286 g/mol. The molecule has 7 heteroatoms. The van der Waals surface area contributed by atoms with E-state index in [9.17, 15) is 22.7 Å². The minimum atomic E-state index is -4.78. The van der Waals surface area contributed by atoms with Gasteiger partial charge in [-0.1, -0.05) is 19.9 Å². The Bertz CT molecular complexity index is 423. The lowest BCUT2D eigenvalue weighted by molar-refractivity contribution is -0.140. The summed E-state index contributed by atoms with van der Waals surface area (Å²) in [6.45, 7) is 3.39. The zero-order valence-corrected chi connectivity index (χ0v) is 11.2. The Kier molecular flexibility index (Phi) is 6.25. The monoisotopic (exact) mass is 301 g/mol. The lowest BCUT2D eigenvalue weighted by Crippen LogP contribution is -2.30. The number of hydrogen-bond acceptors (Lipinski definition) is 2. The van der Waals surface area contributed by atoms with Crippen molar-refractivity contribution in [2.24, 2.45) is 11.7 Å². The zero-order valence-electron chi connectivity index (χ0n) is 10.4. The molecule has 2 nitrogen and oxygen atoms in total. The summed E-state index contributed by atoms with van der Waals surface area (Å²) in [6, 6.07) is 1.53. The van der Waals surface area contributed by atoms with Crippen LogP contribution in [0.2, 0.25) is 0 Å². The van der Waals surface area contributed by atoms with Gasteiger partial charge in [0, 0.05) is 0 Å². The normalized spacial score (nSPS) is 15.0. The largest absolute Gasteiger partial charge is 0.419 e. The molecule has 0 fully saturated rings. The van der Waals surface area contributed by atoms with Crippen molar-refractivity contribution in [1.29, 1.82) is 0 Å². The first-order chi connectivity index (χ1) is 8.14. The van der Waals surface area contributed by atoms with Gasteiger partial charge in [0.25, 0.3) is 0 Å². The second-order valence-electron chi connectivity index (χ2n) is 4.50. The van der Waals surface area contributed by atoms with E-state index in [0.717, 1.165) is 6.07 Å². The van der Waals surface area contributed by atoms with E-state index in [2.05, 4.69) is 0 Å². The topological polar surface area (TPSA) is 46.2 Å². The molecule has 0 spiro atoms. The van der Waals surface area contributed by atoms with E-state index in [1.54, 1.807) is 13.8 Å². The van der Waals surface area contributed by atoms with Crippen molar-refractivity contribution < 1.29 is 22.7 Å². The molecule has 19 heavy (non-hydrogen) atoms. The second kappa shape index (κ2) is 6.54. The molecule has 0 bridgehead atoms. The van der Waals surface area contributed by atoms with Gasteiger partial charge in [-0.2, -0.15) is 13.2 Å². The lowest BCUT2D eigenvalue weighted by Gasteiger charge is -2.23. The smallest absolute Gasteiger partial charge is 0.391 e. The van der Waals surface area contributed by atoms with Crippen LogP contribution in [0.25, 0.3) is 0 Å². The summed E-state index contributed by atoms with van der Waals surface area (Å²) >= 11 is 0. The molecular formula is C12H16ClF4NO. The standard InChI is InChI=1S/C12H15F4NO.ClH/c1-6(2)11(18)10(17)7-3-4-9(13)8(5-7)12(14,15)16;/h3-6,10-11,18H,17H2,1-2H3;1H/t10-,11+;/m1./s1. The highest BCUT2D eigenvalue weighted by Crippen LogP contribution is 2.33. The number of rotatable bonds is 3. The van der Waals surface area contributed by atoms with Crippen molar-refractivity contribution in [1.82, 2.24) is 0 Å². The van der Waals surface area contributed by atoms with E-state index in [1.807, 2.05) is 0 Å². The third-order valence-corrected chi connectivity index (χ3v) is 2.73. The van der Waals surface area contributed by atoms with E-state index in [1.165, 1.54) is 0 Å². The molecule has 0 aliphatic rings. The van der Waals surface area contributed by atoms with Crippen LogP contribution in [0.15, 0.2) is 18.2 Å². The summed E-state index contributed by atoms with van der Waals surface area (Å²) in [5.74, 6) is -1.56. The van der Waals surface area contributed by atoms with Crippen molar-refractivity contribution in [2.75, 3.05) is 0 Å². The van der Waals surface area contributed by atoms with E-state index >= 15 is 0 Å². The minimum absolute atomic E-state index is 0. The van der Waals surface area contributed by atoms with Crippen molar-refractivity contribution in [3.05, 3.63) is 35.1 Å². The number of nitrogens with two attached hydrogens (primary N) is 1. The molecule has 0 saturated carbocycles. The van der Waals surface area contributed by atoms with Crippen molar-refractivity contribution in [2.45, 2.75) is 32.2 Å². The molecule has 110 valence electrons. The van der Waals surface area contributed by atoms with Crippen LogP contribution < -0.4 is 5.73 Å². The molecule has 3 N–H and O–H groups in total. The average molecular weight is 302 g/mol. The van der Waals surface area contributed by atoms with Gasteiger partial charge >= 0.3 is 6.18 Å². The zero-order chi connectivity index (χ0) is 14.1. The fraction of sp³-hybridized carbons (Fsp3) is 0.500. The van der Waals surface area contributed by atoms with Crippen LogP contribution in [-0.4, -0.2) is 11.2 Å². The molecule has 0 heterocycles. The minimum Gasteiger partial charge on any atom is -0.391 e. The van der Waals surface area contributed by atoms with Gasteiger partial charge in [0.1, 0.15) is 5.82 Å². The van der Waals surface area contributed by atoms with E-state index in [0.29, 0.717) is 12.1 Å². The van der Waals surface area contributed by atoms with Crippen LogP contribution in [-0.2, 0) is 6.18 Å². The van der Waals surface area contributed by atoms with Crippen LogP contribution in [0, 0.1) is 11.7 Å². The van der Waals surface area contributed by atoms with Crippen molar-refractivity contribution >= 4 is 12.4 Å². The molecule has 0 aliphatic carbocycles. The van der Waals surface area contributed by atoms with Crippen LogP contribution >= 0.6 is 12.4 Å². The number of aliphatic hydroxyl groups excluding tert-OH is 1. The van der Waals surface area contributed by atoms with Gasteiger partial charge in [0.2, 0.25) is 0 Å². The highest BCUT2D eigenvalue weighted by atomic mass is 35.5. The van der Waals surface area contributed by atoms with Crippen LogP contribution in [0.1, 0.15) is 31.0 Å². The maximum atomic E-state index is 13.1. The van der Waals surface area contributed by atoms with E-state index in [4.69, 9.17) is 5.73 Å². The van der Waals surface area contributed by atoms with Crippen LogP contribution in [0.3, 0.4) is 0 Å². The summed E-state index contributed by atoms with van der Waals surface area (Å²) in [5, 5.41) is 9.71. The van der Waals surface area contributed by atoms with Gasteiger partial charge in [-0.3, -0.25) is 0 Å². The molecule has 0 amide bonds. The Morgan fingerprint density at radius 2 is 1.74 bits per heavy atom. The Labute approximate surface area is 115 Å². The highest BCUT2D eigenvalue weighted by Gasteiger charge is 2.35. The third kappa shape index (κ3) is 4.33. The summed E-state index contributed by atoms with van der Waals surface area (Å²) in [5.41, 5.74) is 4.35. The summed E-state index contributed by atoms with van der Waals surface area (Å²) in [7, 11) is 0. The molecule has 1 aromatic carbocycles. The average Bonchev–Trinajstić information content (AvgIpc) is 2.26. The molecule has 1 rings (SSSR count). The quantitative estimate of drug-likeness (QED) is 0.842. The maximum absolute atomic E-state index is 13.1. The van der Waals surface area contributed by atoms with Gasteiger partial charge in [-0.15, -0.1) is 12.4 Å². The fourth-order valence-electron chi connectivity index (χ4n) is 1.58. The molecule has 0 aliphatic heterocycles. The molecule has 2 atom stereocenters. The molecule has 0 aromatic heterocycles. The fourth-order valence-corrected chi connectivity index (χ4v) is 1.58. The second-order valence-corrected chi connectivity index (χ2v) is 4.50. The lowest BCUT2D eigenvalue weighted by atomic mass is 9.93.